The molecular weight excluding hydrogens is 343 g/mol. The van der Waals surface area contributed by atoms with Crippen LogP contribution in [0.15, 0.2) is 47.2 Å². The topological polar surface area (TPSA) is 42.0 Å². The van der Waals surface area contributed by atoms with E-state index in [1.54, 1.807) is 30.5 Å². The minimum absolute atomic E-state index is 0.226. The van der Waals surface area contributed by atoms with Crippen molar-refractivity contribution in [1.82, 2.24) is 4.98 Å². The molecule has 20 heavy (non-hydrogen) atoms. The number of benzene rings is 1. The molecule has 0 saturated carbocycles. The zero-order valence-electron chi connectivity index (χ0n) is 10.1. The summed E-state index contributed by atoms with van der Waals surface area (Å²) in [6.45, 7) is 0. The average Bonchev–Trinajstić information content (AvgIpc) is 2.84. The van der Waals surface area contributed by atoms with Crippen LogP contribution in [0.25, 0.3) is 10.1 Å². The Morgan fingerprint density at radius 2 is 2.10 bits per heavy atom. The first-order chi connectivity index (χ1) is 9.61. The molecule has 0 aliphatic heterocycles. The highest BCUT2D eigenvalue weighted by Gasteiger charge is 2.11. The molecule has 0 unspecified atom stereocenters. The van der Waals surface area contributed by atoms with E-state index in [4.69, 9.17) is 0 Å². The van der Waals surface area contributed by atoms with Gasteiger partial charge in [0, 0.05) is 4.70 Å². The molecule has 0 saturated heterocycles. The third-order valence-corrected chi connectivity index (χ3v) is 4.26. The zero-order valence-corrected chi connectivity index (χ0v) is 12.5. The molecule has 2 aromatic heterocycles. The molecule has 1 N–H and O–H groups in total. The first-order valence-electron chi connectivity index (χ1n) is 5.74. The summed E-state index contributed by atoms with van der Waals surface area (Å²) in [5.74, 6) is -0.529. The summed E-state index contributed by atoms with van der Waals surface area (Å²) >= 11 is 4.49. The summed E-state index contributed by atoms with van der Waals surface area (Å²) in [4.78, 5) is 16.7. The number of carbonyl (C=O) groups excluding carboxylic acids is 1. The first-order valence-corrected chi connectivity index (χ1v) is 7.35. The van der Waals surface area contributed by atoms with Gasteiger partial charge in [-0.3, -0.25) is 4.79 Å². The Hall–Kier alpha value is -1.79. The van der Waals surface area contributed by atoms with Crippen molar-refractivity contribution in [2.45, 2.75) is 0 Å². The van der Waals surface area contributed by atoms with Crippen molar-refractivity contribution in [2.24, 2.45) is 0 Å². The van der Waals surface area contributed by atoms with Crippen molar-refractivity contribution in [3.05, 3.63) is 57.9 Å². The van der Waals surface area contributed by atoms with Crippen LogP contribution in [0.1, 0.15) is 9.67 Å². The molecule has 6 heteroatoms. The molecule has 100 valence electrons. The lowest BCUT2D eigenvalue weighted by Crippen LogP contribution is -2.10. The van der Waals surface area contributed by atoms with E-state index in [0.29, 0.717) is 15.2 Å². The Labute approximate surface area is 126 Å². The second-order valence-corrected chi connectivity index (χ2v) is 6.01. The minimum Gasteiger partial charge on any atom is -0.320 e. The van der Waals surface area contributed by atoms with Crippen LogP contribution >= 0.6 is 27.3 Å². The maximum atomic E-state index is 13.1. The molecule has 0 radical (unpaired) electrons. The highest BCUT2D eigenvalue weighted by Crippen LogP contribution is 2.27. The minimum atomic E-state index is -0.302. The van der Waals surface area contributed by atoms with Crippen LogP contribution in [0, 0.1) is 5.82 Å². The summed E-state index contributed by atoms with van der Waals surface area (Å²) in [7, 11) is 0. The van der Waals surface area contributed by atoms with Gasteiger partial charge in [-0.2, -0.15) is 0 Å². The summed E-state index contributed by atoms with van der Waals surface area (Å²) in [6, 6.07) is 9.73. The van der Waals surface area contributed by atoms with Crippen LogP contribution in [-0.4, -0.2) is 10.9 Å². The summed E-state index contributed by atoms with van der Waals surface area (Å²) < 4.78 is 14.6. The Kier molecular flexibility index (Phi) is 3.50. The number of aromatic nitrogens is 1. The highest BCUT2D eigenvalue weighted by atomic mass is 79.9. The van der Waals surface area contributed by atoms with Gasteiger partial charge in [-0.1, -0.05) is 6.07 Å². The number of hydrogen-bond acceptors (Lipinski definition) is 3. The lowest BCUT2D eigenvalue weighted by molar-refractivity contribution is 0.103. The number of nitrogens with zero attached hydrogens (tertiary/aromatic N) is 1. The molecule has 3 nitrogen and oxygen atoms in total. The fourth-order valence-corrected chi connectivity index (χ4v) is 2.98. The molecule has 0 spiro atoms. The van der Waals surface area contributed by atoms with Crippen molar-refractivity contribution < 1.29 is 9.18 Å². The van der Waals surface area contributed by atoms with Gasteiger partial charge in [-0.25, -0.2) is 9.37 Å². The molecule has 0 atom stereocenters. The van der Waals surface area contributed by atoms with E-state index in [2.05, 4.69) is 26.2 Å². The van der Waals surface area contributed by atoms with Crippen LogP contribution in [0.5, 0.6) is 0 Å². The number of anilines is 1. The Balaban J connectivity index is 1.86. The third kappa shape index (κ3) is 2.71. The van der Waals surface area contributed by atoms with Gasteiger partial charge in [0.15, 0.2) is 0 Å². The molecule has 2 heterocycles. The number of thiophene rings is 1. The standard InChI is InChI=1S/C14H8BrFN2OS/c15-13-4-3-10(7-17-13)18-14(19)12-5-8-1-2-9(16)6-11(8)20-12/h1-7H,(H,18,19). The van der Waals surface area contributed by atoms with E-state index in [9.17, 15) is 9.18 Å². The van der Waals surface area contributed by atoms with E-state index < -0.39 is 0 Å². The molecular formula is C14H8BrFN2OS. The van der Waals surface area contributed by atoms with Crippen LogP contribution in [-0.2, 0) is 0 Å². The van der Waals surface area contributed by atoms with Gasteiger partial charge in [0.2, 0.25) is 0 Å². The predicted octanol–water partition coefficient (Wildman–Crippen LogP) is 4.45. The van der Waals surface area contributed by atoms with Crippen molar-refractivity contribution in [1.29, 1.82) is 0 Å². The second kappa shape index (κ2) is 5.30. The quantitative estimate of drug-likeness (QED) is 0.693. The molecule has 3 aromatic rings. The van der Waals surface area contributed by atoms with Crippen LogP contribution in [0.3, 0.4) is 0 Å². The Bertz CT molecular complexity index is 785. The third-order valence-electron chi connectivity index (χ3n) is 2.69. The number of pyridine rings is 1. The van der Waals surface area contributed by atoms with Crippen molar-refractivity contribution in [2.75, 3.05) is 5.32 Å². The zero-order chi connectivity index (χ0) is 14.1. The summed E-state index contributed by atoms with van der Waals surface area (Å²) in [5, 5.41) is 3.61. The number of nitrogens with one attached hydrogen (secondary N) is 1. The molecule has 0 aliphatic carbocycles. The Morgan fingerprint density at radius 3 is 2.85 bits per heavy atom. The van der Waals surface area contributed by atoms with E-state index in [1.165, 1.54) is 23.5 Å². The van der Waals surface area contributed by atoms with Crippen LogP contribution in [0.2, 0.25) is 0 Å². The van der Waals surface area contributed by atoms with Gasteiger partial charge < -0.3 is 5.32 Å². The maximum Gasteiger partial charge on any atom is 0.265 e. The Morgan fingerprint density at radius 1 is 1.25 bits per heavy atom. The van der Waals surface area contributed by atoms with E-state index >= 15 is 0 Å². The fourth-order valence-electron chi connectivity index (χ4n) is 1.76. The lowest BCUT2D eigenvalue weighted by Gasteiger charge is -2.02. The number of halogens is 2. The van der Waals surface area contributed by atoms with Crippen molar-refractivity contribution >= 4 is 48.9 Å². The van der Waals surface area contributed by atoms with Gasteiger partial charge >= 0.3 is 0 Å². The van der Waals surface area contributed by atoms with Crippen molar-refractivity contribution in [3.63, 3.8) is 0 Å². The van der Waals surface area contributed by atoms with Gasteiger partial charge in [-0.05, 0) is 51.6 Å². The average molecular weight is 351 g/mol. The number of fused-ring (bicyclic) bond motifs is 1. The molecule has 0 fully saturated rings. The van der Waals surface area contributed by atoms with Crippen molar-refractivity contribution in [3.8, 4) is 0 Å². The number of rotatable bonds is 2. The van der Waals surface area contributed by atoms with Crippen LogP contribution < -0.4 is 5.32 Å². The number of hydrogen-bond donors (Lipinski definition) is 1. The molecule has 0 bridgehead atoms. The molecule has 3 rings (SSSR count). The van der Waals surface area contributed by atoms with E-state index in [0.717, 1.165) is 10.1 Å². The fraction of sp³-hybridized carbons (Fsp3) is 0. The van der Waals surface area contributed by atoms with Gasteiger partial charge in [0.05, 0.1) is 16.8 Å². The van der Waals surface area contributed by atoms with Gasteiger partial charge in [0.25, 0.3) is 5.91 Å². The normalized spacial score (nSPS) is 10.7. The van der Waals surface area contributed by atoms with Crippen LogP contribution in [0.4, 0.5) is 10.1 Å². The monoisotopic (exact) mass is 350 g/mol. The first kappa shape index (κ1) is 13.2. The smallest absolute Gasteiger partial charge is 0.265 e. The van der Waals surface area contributed by atoms with Gasteiger partial charge in [-0.15, -0.1) is 11.3 Å². The number of amides is 1. The molecule has 1 aromatic carbocycles. The number of carbonyl (C=O) groups is 1. The maximum absolute atomic E-state index is 13.1. The molecule has 0 aliphatic rings. The largest absolute Gasteiger partial charge is 0.320 e. The predicted molar refractivity (Wildman–Crippen MR) is 81.7 cm³/mol. The van der Waals surface area contributed by atoms with Gasteiger partial charge in [0.1, 0.15) is 10.4 Å². The molecule has 1 amide bonds. The summed E-state index contributed by atoms with van der Waals surface area (Å²) in [6.07, 6.45) is 1.56. The second-order valence-electron chi connectivity index (χ2n) is 4.12. The summed E-state index contributed by atoms with van der Waals surface area (Å²) in [5.41, 5.74) is 0.613. The van der Waals surface area contributed by atoms with E-state index in [1.807, 2.05) is 0 Å². The highest BCUT2D eigenvalue weighted by molar-refractivity contribution is 9.10. The lowest BCUT2D eigenvalue weighted by atomic mass is 10.2. The SMILES string of the molecule is O=C(Nc1ccc(Br)nc1)c1cc2ccc(F)cc2s1. The van der Waals surface area contributed by atoms with E-state index in [-0.39, 0.29) is 11.7 Å².